The number of benzene rings is 1. The molecule has 0 saturated carbocycles. The number of hydrogen-bond acceptors (Lipinski definition) is 3. The van der Waals surface area contributed by atoms with Gasteiger partial charge in [0.25, 0.3) is 0 Å². The van der Waals surface area contributed by atoms with Gasteiger partial charge in [-0.25, -0.2) is 0 Å². The lowest BCUT2D eigenvalue weighted by Crippen LogP contribution is -2.49. The molecule has 1 N–H and O–H groups in total. The second-order valence-corrected chi connectivity index (χ2v) is 4.91. The summed E-state index contributed by atoms with van der Waals surface area (Å²) in [5.74, 6) is -0.891. The van der Waals surface area contributed by atoms with Crippen LogP contribution in [0.1, 0.15) is 5.56 Å². The van der Waals surface area contributed by atoms with Crippen LogP contribution in [0.4, 0.5) is 0 Å². The van der Waals surface area contributed by atoms with Gasteiger partial charge >= 0.3 is 5.97 Å². The molecule has 1 aromatic carbocycles. The van der Waals surface area contributed by atoms with Gasteiger partial charge in [0.2, 0.25) is 0 Å². The van der Waals surface area contributed by atoms with Crippen LogP contribution < -0.4 is 0 Å². The molecule has 2 rings (SSSR count). The minimum absolute atomic E-state index is 0.192. The first-order valence-electron chi connectivity index (χ1n) is 5.57. The Bertz CT molecular complexity index is 433. The molecule has 1 aliphatic rings. The van der Waals surface area contributed by atoms with Crippen molar-refractivity contribution in [2.45, 2.75) is 12.6 Å². The molecule has 18 heavy (non-hydrogen) atoms. The van der Waals surface area contributed by atoms with Gasteiger partial charge < -0.3 is 9.84 Å². The van der Waals surface area contributed by atoms with E-state index in [0.29, 0.717) is 29.7 Å². The number of ether oxygens (including phenoxy) is 1. The van der Waals surface area contributed by atoms with Crippen LogP contribution in [0.3, 0.4) is 0 Å². The van der Waals surface area contributed by atoms with Crippen molar-refractivity contribution in [1.82, 2.24) is 4.90 Å². The SMILES string of the molecule is O=C(O)C1COCCN1Cc1c(Cl)cccc1Cl. The topological polar surface area (TPSA) is 49.8 Å². The van der Waals surface area contributed by atoms with Crippen molar-refractivity contribution in [3.8, 4) is 0 Å². The van der Waals surface area contributed by atoms with Crippen LogP contribution in [0.5, 0.6) is 0 Å². The average Bonchev–Trinajstić information content (AvgIpc) is 2.34. The van der Waals surface area contributed by atoms with Gasteiger partial charge in [-0.3, -0.25) is 9.69 Å². The molecule has 0 bridgehead atoms. The summed E-state index contributed by atoms with van der Waals surface area (Å²) < 4.78 is 5.18. The van der Waals surface area contributed by atoms with Crippen molar-refractivity contribution in [3.63, 3.8) is 0 Å². The Balaban J connectivity index is 2.18. The van der Waals surface area contributed by atoms with Crippen molar-refractivity contribution >= 4 is 29.2 Å². The van der Waals surface area contributed by atoms with Gasteiger partial charge in [-0.2, -0.15) is 0 Å². The lowest BCUT2D eigenvalue weighted by Gasteiger charge is -2.33. The quantitative estimate of drug-likeness (QED) is 0.928. The predicted octanol–water partition coefficient (Wildman–Crippen LogP) is 2.28. The Kier molecular flexibility index (Phi) is 4.45. The highest BCUT2D eigenvalue weighted by atomic mass is 35.5. The highest BCUT2D eigenvalue weighted by molar-refractivity contribution is 6.35. The first-order valence-corrected chi connectivity index (χ1v) is 6.32. The molecule has 0 aliphatic carbocycles. The summed E-state index contributed by atoms with van der Waals surface area (Å²) in [5.41, 5.74) is 0.758. The molecule has 0 aromatic heterocycles. The van der Waals surface area contributed by atoms with Gasteiger partial charge in [0, 0.05) is 28.7 Å². The number of nitrogens with zero attached hydrogens (tertiary/aromatic N) is 1. The van der Waals surface area contributed by atoms with Gasteiger partial charge in [0.1, 0.15) is 6.04 Å². The monoisotopic (exact) mass is 289 g/mol. The van der Waals surface area contributed by atoms with Crippen LogP contribution in [0.15, 0.2) is 18.2 Å². The molecule has 0 spiro atoms. The molecule has 4 nitrogen and oxygen atoms in total. The third-order valence-electron chi connectivity index (χ3n) is 2.95. The number of aliphatic carboxylic acids is 1. The standard InChI is InChI=1S/C12H13Cl2NO3/c13-9-2-1-3-10(14)8(9)6-15-4-5-18-7-11(15)12(16)17/h1-3,11H,4-7H2,(H,16,17). The maximum atomic E-state index is 11.1. The molecule has 1 unspecified atom stereocenters. The van der Waals surface area contributed by atoms with E-state index in [4.69, 9.17) is 33.0 Å². The van der Waals surface area contributed by atoms with E-state index in [1.165, 1.54) is 0 Å². The average molecular weight is 290 g/mol. The fourth-order valence-electron chi connectivity index (χ4n) is 1.94. The van der Waals surface area contributed by atoms with Crippen LogP contribution in [-0.4, -0.2) is 41.8 Å². The normalized spacial score (nSPS) is 20.9. The zero-order valence-electron chi connectivity index (χ0n) is 9.60. The molecule has 1 saturated heterocycles. The number of carboxylic acid groups (broad SMARTS) is 1. The summed E-state index contributed by atoms with van der Waals surface area (Å²) in [7, 11) is 0. The number of rotatable bonds is 3. The molecule has 1 aromatic rings. The van der Waals surface area contributed by atoms with Gasteiger partial charge in [0.15, 0.2) is 0 Å². The Hall–Kier alpha value is -0.810. The number of halogens is 2. The summed E-state index contributed by atoms with van der Waals surface area (Å²) in [6.07, 6.45) is 0. The number of morpholine rings is 1. The van der Waals surface area contributed by atoms with E-state index in [1.807, 2.05) is 4.90 Å². The third-order valence-corrected chi connectivity index (χ3v) is 3.66. The molecule has 6 heteroatoms. The van der Waals surface area contributed by atoms with Crippen molar-refractivity contribution in [1.29, 1.82) is 0 Å². The minimum Gasteiger partial charge on any atom is -0.480 e. The van der Waals surface area contributed by atoms with Gasteiger partial charge in [-0.15, -0.1) is 0 Å². The molecule has 0 radical (unpaired) electrons. The number of hydrogen-bond donors (Lipinski definition) is 1. The van der Waals surface area contributed by atoms with Gasteiger partial charge in [-0.05, 0) is 12.1 Å². The van der Waals surface area contributed by atoms with Gasteiger partial charge in [-0.1, -0.05) is 29.3 Å². The first kappa shape index (κ1) is 13.6. The van der Waals surface area contributed by atoms with E-state index in [9.17, 15) is 4.79 Å². The molecule has 1 heterocycles. The van der Waals surface area contributed by atoms with Crippen LogP contribution >= 0.6 is 23.2 Å². The molecule has 1 fully saturated rings. The smallest absolute Gasteiger partial charge is 0.323 e. The summed E-state index contributed by atoms with van der Waals surface area (Å²) >= 11 is 12.2. The highest BCUT2D eigenvalue weighted by Crippen LogP contribution is 2.26. The fraction of sp³-hybridized carbons (Fsp3) is 0.417. The third kappa shape index (κ3) is 2.95. The lowest BCUT2D eigenvalue weighted by atomic mass is 10.1. The van der Waals surface area contributed by atoms with E-state index in [1.54, 1.807) is 18.2 Å². The van der Waals surface area contributed by atoms with Crippen LogP contribution in [0, 0.1) is 0 Å². The zero-order chi connectivity index (χ0) is 13.1. The Morgan fingerprint density at radius 1 is 1.44 bits per heavy atom. The van der Waals surface area contributed by atoms with Crippen LogP contribution in [0.25, 0.3) is 0 Å². The van der Waals surface area contributed by atoms with E-state index >= 15 is 0 Å². The molecule has 1 aliphatic heterocycles. The number of carboxylic acids is 1. The Morgan fingerprint density at radius 2 is 2.11 bits per heavy atom. The summed E-state index contributed by atoms with van der Waals surface area (Å²) in [6.45, 7) is 1.68. The first-order chi connectivity index (χ1) is 8.59. The van der Waals surface area contributed by atoms with E-state index in [0.717, 1.165) is 5.56 Å². The maximum Gasteiger partial charge on any atom is 0.323 e. The molecule has 1 atom stereocenters. The second kappa shape index (κ2) is 5.89. The minimum atomic E-state index is -0.891. The largest absolute Gasteiger partial charge is 0.480 e. The molecule has 98 valence electrons. The van der Waals surface area contributed by atoms with Crippen molar-refractivity contribution in [2.24, 2.45) is 0 Å². The van der Waals surface area contributed by atoms with Gasteiger partial charge in [0.05, 0.1) is 13.2 Å². The van der Waals surface area contributed by atoms with Crippen molar-refractivity contribution < 1.29 is 14.6 Å². The van der Waals surface area contributed by atoms with E-state index in [-0.39, 0.29) is 6.61 Å². The van der Waals surface area contributed by atoms with Crippen LogP contribution in [-0.2, 0) is 16.1 Å². The molecule has 0 amide bonds. The molecular formula is C12H13Cl2NO3. The number of carbonyl (C=O) groups is 1. The molecular weight excluding hydrogens is 277 g/mol. The lowest BCUT2D eigenvalue weighted by molar-refractivity contribution is -0.150. The summed E-state index contributed by atoms with van der Waals surface area (Å²) in [6, 6.07) is 4.62. The van der Waals surface area contributed by atoms with Crippen molar-refractivity contribution in [3.05, 3.63) is 33.8 Å². The van der Waals surface area contributed by atoms with Crippen molar-refractivity contribution in [2.75, 3.05) is 19.8 Å². The second-order valence-electron chi connectivity index (χ2n) is 4.10. The fourth-order valence-corrected chi connectivity index (χ4v) is 2.46. The maximum absolute atomic E-state index is 11.1. The van der Waals surface area contributed by atoms with Crippen LogP contribution in [0.2, 0.25) is 10.0 Å². The zero-order valence-corrected chi connectivity index (χ0v) is 11.1. The predicted molar refractivity (Wildman–Crippen MR) is 69.1 cm³/mol. The highest BCUT2D eigenvalue weighted by Gasteiger charge is 2.29. The Labute approximate surface area is 115 Å². The summed E-state index contributed by atoms with van der Waals surface area (Å²) in [4.78, 5) is 13.0. The van der Waals surface area contributed by atoms with E-state index < -0.39 is 12.0 Å². The Morgan fingerprint density at radius 3 is 2.72 bits per heavy atom. The van der Waals surface area contributed by atoms with E-state index in [2.05, 4.69) is 0 Å². The summed E-state index contributed by atoms with van der Waals surface area (Å²) in [5, 5.41) is 10.2.